The van der Waals surface area contributed by atoms with Gasteiger partial charge in [0.2, 0.25) is 5.91 Å². The highest BCUT2D eigenvalue weighted by molar-refractivity contribution is 8.00. The van der Waals surface area contributed by atoms with Crippen molar-refractivity contribution in [2.24, 2.45) is 0 Å². The molecule has 3 aromatic carbocycles. The van der Waals surface area contributed by atoms with Gasteiger partial charge in [-0.3, -0.25) is 9.20 Å². The number of anilines is 1. The summed E-state index contributed by atoms with van der Waals surface area (Å²) >= 11 is 1.44. The van der Waals surface area contributed by atoms with Gasteiger partial charge in [0.25, 0.3) is 0 Å². The highest BCUT2D eigenvalue weighted by atomic mass is 32.2. The lowest BCUT2D eigenvalue weighted by atomic mass is 10.2. The summed E-state index contributed by atoms with van der Waals surface area (Å²) < 4.78 is 2.05. The Balaban J connectivity index is 1.55. The molecule has 0 unspecified atom stereocenters. The van der Waals surface area contributed by atoms with E-state index < -0.39 is 0 Å². The number of nitrogens with zero attached hydrogens (tertiary/aromatic N) is 3. The van der Waals surface area contributed by atoms with Gasteiger partial charge in [0.15, 0.2) is 5.16 Å². The fourth-order valence-electron chi connectivity index (χ4n) is 3.49. The normalized spacial score (nSPS) is 12.5. The van der Waals surface area contributed by atoms with Crippen molar-refractivity contribution in [2.75, 3.05) is 5.32 Å². The topological polar surface area (TPSA) is 59.3 Å². The molecule has 6 heteroatoms. The fourth-order valence-corrected chi connectivity index (χ4v) is 4.41. The Morgan fingerprint density at radius 2 is 1.63 bits per heavy atom. The van der Waals surface area contributed by atoms with Crippen LogP contribution in [-0.2, 0) is 4.79 Å². The summed E-state index contributed by atoms with van der Waals surface area (Å²) in [5, 5.41) is 4.41. The van der Waals surface area contributed by atoms with Crippen LogP contribution in [0.2, 0.25) is 0 Å². The van der Waals surface area contributed by atoms with Gasteiger partial charge in [-0.25, -0.2) is 9.97 Å². The molecule has 0 bridgehead atoms. The van der Waals surface area contributed by atoms with Crippen molar-refractivity contribution < 1.29 is 4.79 Å². The van der Waals surface area contributed by atoms with E-state index in [1.54, 1.807) is 0 Å². The van der Waals surface area contributed by atoms with Gasteiger partial charge >= 0.3 is 0 Å². The zero-order valence-electron chi connectivity index (χ0n) is 16.7. The molecule has 0 aliphatic heterocycles. The lowest BCUT2D eigenvalue weighted by Crippen LogP contribution is -2.22. The molecule has 2 heterocycles. The average molecular weight is 413 g/mol. The fraction of sp³-hybridized carbons (Fsp3) is 0.125. The number of nitrogens with one attached hydrogen (secondary N) is 1. The van der Waals surface area contributed by atoms with Crippen molar-refractivity contribution in [2.45, 2.75) is 24.3 Å². The van der Waals surface area contributed by atoms with Gasteiger partial charge in [0, 0.05) is 11.1 Å². The number of fused-ring (bicyclic) bond motifs is 5. The molecule has 30 heavy (non-hydrogen) atoms. The van der Waals surface area contributed by atoms with E-state index in [0.29, 0.717) is 0 Å². The number of benzene rings is 3. The molecule has 0 radical (unpaired) electrons. The van der Waals surface area contributed by atoms with Crippen molar-refractivity contribution in [3.8, 4) is 0 Å². The van der Waals surface area contributed by atoms with E-state index in [9.17, 15) is 4.79 Å². The number of aromatic nitrogens is 3. The van der Waals surface area contributed by atoms with E-state index in [2.05, 4.69) is 9.72 Å². The summed E-state index contributed by atoms with van der Waals surface area (Å²) in [5.74, 6) is -0.0589. The van der Waals surface area contributed by atoms with Crippen LogP contribution >= 0.6 is 11.8 Å². The maximum Gasteiger partial charge on any atom is 0.237 e. The van der Waals surface area contributed by atoms with Gasteiger partial charge in [-0.1, -0.05) is 53.7 Å². The van der Waals surface area contributed by atoms with Crippen LogP contribution < -0.4 is 5.32 Å². The van der Waals surface area contributed by atoms with Gasteiger partial charge < -0.3 is 5.32 Å². The first-order chi connectivity index (χ1) is 14.6. The third-order valence-electron chi connectivity index (χ3n) is 5.08. The maximum atomic E-state index is 12.8. The van der Waals surface area contributed by atoms with Crippen LogP contribution in [0.4, 0.5) is 5.69 Å². The summed E-state index contributed by atoms with van der Waals surface area (Å²) in [6.45, 7) is 3.92. The number of amides is 1. The molecule has 5 aromatic rings. The number of carbonyl (C=O) groups excluding carboxylic acids is 1. The monoisotopic (exact) mass is 412 g/mol. The van der Waals surface area contributed by atoms with Gasteiger partial charge in [-0.05, 0) is 50.2 Å². The van der Waals surface area contributed by atoms with Gasteiger partial charge in [0.05, 0.1) is 21.8 Å². The Hall–Kier alpha value is -3.38. The molecular formula is C24H20N4OS. The molecule has 0 aliphatic carbocycles. The van der Waals surface area contributed by atoms with Crippen LogP contribution in [0.25, 0.3) is 27.6 Å². The number of hydrogen-bond acceptors (Lipinski definition) is 4. The Labute approximate surface area is 178 Å². The first kappa shape index (κ1) is 18.6. The summed E-state index contributed by atoms with van der Waals surface area (Å²) in [5.41, 5.74) is 5.57. The molecule has 0 saturated carbocycles. The summed E-state index contributed by atoms with van der Waals surface area (Å²) in [7, 11) is 0. The maximum absolute atomic E-state index is 12.8. The number of carbonyl (C=O) groups is 1. The van der Waals surface area contributed by atoms with Crippen LogP contribution in [0, 0.1) is 6.92 Å². The van der Waals surface area contributed by atoms with E-state index in [4.69, 9.17) is 9.97 Å². The number of para-hydroxylation sites is 3. The second-order valence-corrected chi connectivity index (χ2v) is 8.59. The molecule has 0 aliphatic rings. The first-order valence-corrected chi connectivity index (χ1v) is 10.7. The predicted molar refractivity (Wildman–Crippen MR) is 123 cm³/mol. The number of thioether (sulfide) groups is 1. The van der Waals surface area contributed by atoms with Gasteiger partial charge in [-0.2, -0.15) is 0 Å². The van der Waals surface area contributed by atoms with E-state index >= 15 is 0 Å². The SMILES string of the molecule is Cc1ccc(NC(=O)[C@@H](C)Sc2nc3ccccc3c3nc4ccccc4n23)cc1. The zero-order valence-corrected chi connectivity index (χ0v) is 17.5. The van der Waals surface area contributed by atoms with E-state index in [1.165, 1.54) is 11.8 Å². The predicted octanol–water partition coefficient (Wildman–Crippen LogP) is 5.46. The first-order valence-electron chi connectivity index (χ1n) is 9.80. The van der Waals surface area contributed by atoms with Crippen LogP contribution in [0.5, 0.6) is 0 Å². The second-order valence-electron chi connectivity index (χ2n) is 7.29. The molecule has 5 nitrogen and oxygen atoms in total. The standard InChI is InChI=1S/C24H20N4OS/c1-15-11-13-17(14-12-15)25-23(29)16(2)30-24-27-19-8-4-3-7-18(19)22-26-20-9-5-6-10-21(20)28(22)24/h3-14,16H,1-2H3,(H,25,29)/t16-/m1/s1. The highest BCUT2D eigenvalue weighted by Crippen LogP contribution is 2.31. The van der Waals surface area contributed by atoms with Crippen molar-refractivity contribution in [1.82, 2.24) is 14.4 Å². The molecular weight excluding hydrogens is 392 g/mol. The average Bonchev–Trinajstić information content (AvgIpc) is 3.15. The number of rotatable bonds is 4. The molecule has 1 atom stereocenters. The van der Waals surface area contributed by atoms with Crippen molar-refractivity contribution in [3.63, 3.8) is 0 Å². The van der Waals surface area contributed by atoms with Crippen molar-refractivity contribution >= 4 is 50.9 Å². The molecule has 1 amide bonds. The van der Waals surface area contributed by atoms with Crippen LogP contribution in [0.15, 0.2) is 78.0 Å². The number of hydrogen-bond donors (Lipinski definition) is 1. The summed E-state index contributed by atoms with van der Waals surface area (Å²) in [6.07, 6.45) is 0. The molecule has 1 N–H and O–H groups in total. The van der Waals surface area contributed by atoms with E-state index in [-0.39, 0.29) is 11.2 Å². The molecule has 2 aromatic heterocycles. The molecule has 0 saturated heterocycles. The quantitative estimate of drug-likeness (QED) is 0.314. The van der Waals surface area contributed by atoms with Crippen molar-refractivity contribution in [1.29, 1.82) is 0 Å². The summed E-state index contributed by atoms with van der Waals surface area (Å²) in [6, 6.07) is 23.8. The van der Waals surface area contributed by atoms with Gasteiger partial charge in [0.1, 0.15) is 5.65 Å². The Morgan fingerprint density at radius 1 is 0.933 bits per heavy atom. The van der Waals surface area contributed by atoms with Crippen LogP contribution in [-0.4, -0.2) is 25.5 Å². The lowest BCUT2D eigenvalue weighted by molar-refractivity contribution is -0.115. The minimum atomic E-state index is -0.329. The van der Waals surface area contributed by atoms with E-state index in [0.717, 1.165) is 44.0 Å². The molecule has 5 rings (SSSR count). The Kier molecular flexibility index (Phi) is 4.64. The van der Waals surface area contributed by atoms with Gasteiger partial charge in [-0.15, -0.1) is 0 Å². The summed E-state index contributed by atoms with van der Waals surface area (Å²) in [4.78, 5) is 22.5. The third kappa shape index (κ3) is 3.29. The Bertz CT molecular complexity index is 1390. The highest BCUT2D eigenvalue weighted by Gasteiger charge is 2.20. The van der Waals surface area contributed by atoms with Crippen LogP contribution in [0.1, 0.15) is 12.5 Å². The molecule has 0 spiro atoms. The van der Waals surface area contributed by atoms with Crippen LogP contribution in [0.3, 0.4) is 0 Å². The smallest absolute Gasteiger partial charge is 0.237 e. The minimum absolute atomic E-state index is 0.0589. The van der Waals surface area contributed by atoms with Crippen molar-refractivity contribution in [3.05, 3.63) is 78.4 Å². The molecule has 0 fully saturated rings. The lowest BCUT2D eigenvalue weighted by Gasteiger charge is -2.14. The third-order valence-corrected chi connectivity index (χ3v) is 6.14. The molecule has 148 valence electrons. The number of aryl methyl sites for hydroxylation is 1. The Morgan fingerprint density at radius 3 is 2.43 bits per heavy atom. The van der Waals surface area contributed by atoms with E-state index in [1.807, 2.05) is 86.6 Å². The minimum Gasteiger partial charge on any atom is -0.325 e. The second kappa shape index (κ2) is 7.46. The zero-order chi connectivity index (χ0) is 20.7. The largest absolute Gasteiger partial charge is 0.325 e. The number of imidazole rings is 1.